The summed E-state index contributed by atoms with van der Waals surface area (Å²) in [5.41, 5.74) is 1.76. The molecule has 2 aromatic heterocycles. The molecule has 0 aromatic carbocycles. The minimum atomic E-state index is 0.658. The van der Waals surface area contributed by atoms with Gasteiger partial charge < -0.3 is 4.40 Å². The number of aryl methyl sites for hydroxylation is 1. The Balaban J connectivity index is 2.89. The Kier molecular flexibility index (Phi) is 1.85. The number of hydrogen-bond acceptors (Lipinski definition) is 1. The summed E-state index contributed by atoms with van der Waals surface area (Å²) in [4.78, 5) is 4.27. The summed E-state index contributed by atoms with van der Waals surface area (Å²) in [5, 5.41) is 0.658. The van der Waals surface area contributed by atoms with E-state index in [0.717, 1.165) is 15.8 Å². The molecular formula is C8H6BrClN2. The molecule has 0 spiro atoms. The van der Waals surface area contributed by atoms with Crippen molar-refractivity contribution in [3.63, 3.8) is 0 Å². The van der Waals surface area contributed by atoms with Crippen molar-refractivity contribution in [1.29, 1.82) is 0 Å². The van der Waals surface area contributed by atoms with Crippen molar-refractivity contribution in [1.82, 2.24) is 9.38 Å². The highest BCUT2D eigenvalue weighted by molar-refractivity contribution is 9.10. The van der Waals surface area contributed by atoms with Crippen LogP contribution < -0.4 is 0 Å². The number of aromatic nitrogens is 2. The quantitative estimate of drug-likeness (QED) is 0.697. The molecule has 2 nitrogen and oxygen atoms in total. The molecule has 2 rings (SSSR count). The van der Waals surface area contributed by atoms with E-state index in [4.69, 9.17) is 11.6 Å². The van der Waals surface area contributed by atoms with Gasteiger partial charge in [0, 0.05) is 16.9 Å². The summed E-state index contributed by atoms with van der Waals surface area (Å²) in [6, 6.07) is 1.90. The lowest BCUT2D eigenvalue weighted by molar-refractivity contribution is 1.18. The van der Waals surface area contributed by atoms with Crippen LogP contribution in [0, 0.1) is 6.92 Å². The van der Waals surface area contributed by atoms with Crippen LogP contribution >= 0.6 is 27.5 Å². The number of imidazole rings is 1. The minimum absolute atomic E-state index is 0.658. The number of pyridine rings is 1. The summed E-state index contributed by atoms with van der Waals surface area (Å²) in [6.07, 6.45) is 3.86. The first-order chi connectivity index (χ1) is 5.68. The number of hydrogen-bond donors (Lipinski definition) is 0. The van der Waals surface area contributed by atoms with Gasteiger partial charge >= 0.3 is 0 Å². The third kappa shape index (κ3) is 1.13. The van der Waals surface area contributed by atoms with Gasteiger partial charge in [0.25, 0.3) is 0 Å². The molecule has 0 saturated heterocycles. The van der Waals surface area contributed by atoms with Gasteiger partial charge in [-0.25, -0.2) is 4.98 Å². The summed E-state index contributed by atoms with van der Waals surface area (Å²) < 4.78 is 2.78. The summed E-state index contributed by atoms with van der Waals surface area (Å²) in [6.45, 7) is 1.94. The van der Waals surface area contributed by atoms with Gasteiger partial charge in [-0.15, -0.1) is 0 Å². The highest BCUT2D eigenvalue weighted by Gasteiger charge is 2.05. The number of rotatable bonds is 0. The Morgan fingerprint density at radius 1 is 1.58 bits per heavy atom. The van der Waals surface area contributed by atoms with E-state index in [0.29, 0.717) is 5.02 Å². The van der Waals surface area contributed by atoms with Gasteiger partial charge in [-0.05, 0) is 28.9 Å². The van der Waals surface area contributed by atoms with E-state index in [9.17, 15) is 0 Å². The van der Waals surface area contributed by atoms with Crippen LogP contribution in [0.4, 0.5) is 0 Å². The van der Waals surface area contributed by atoms with Crippen LogP contribution in [0.3, 0.4) is 0 Å². The van der Waals surface area contributed by atoms with Crippen LogP contribution in [0.25, 0.3) is 5.65 Å². The zero-order valence-corrected chi connectivity index (χ0v) is 8.72. The monoisotopic (exact) mass is 244 g/mol. The van der Waals surface area contributed by atoms with E-state index in [1.807, 2.05) is 29.8 Å². The van der Waals surface area contributed by atoms with E-state index in [1.165, 1.54) is 0 Å². The second-order valence-electron chi connectivity index (χ2n) is 2.59. The molecule has 0 aliphatic rings. The minimum Gasteiger partial charge on any atom is -0.306 e. The number of fused-ring (bicyclic) bond motifs is 1. The smallest absolute Gasteiger partial charge is 0.156 e. The summed E-state index contributed by atoms with van der Waals surface area (Å²) >= 11 is 9.35. The van der Waals surface area contributed by atoms with Crippen molar-refractivity contribution in [2.45, 2.75) is 6.92 Å². The van der Waals surface area contributed by atoms with Gasteiger partial charge in [-0.2, -0.15) is 0 Å². The standard InChI is InChI=1S/C8H6BrClN2/c1-5-4-12-3-2-6(9)7(10)8(12)11-5/h2-4H,1H3. The largest absolute Gasteiger partial charge is 0.306 e. The third-order valence-corrected chi connectivity index (χ3v) is 2.90. The van der Waals surface area contributed by atoms with Crippen LogP contribution in [-0.2, 0) is 0 Å². The fraction of sp³-hybridized carbons (Fsp3) is 0.125. The van der Waals surface area contributed by atoms with Crippen LogP contribution in [0.2, 0.25) is 5.02 Å². The van der Waals surface area contributed by atoms with E-state index in [-0.39, 0.29) is 0 Å². The third-order valence-electron chi connectivity index (χ3n) is 1.64. The van der Waals surface area contributed by atoms with Crippen molar-refractivity contribution in [2.75, 3.05) is 0 Å². The maximum Gasteiger partial charge on any atom is 0.156 e. The Morgan fingerprint density at radius 3 is 3.08 bits per heavy atom. The van der Waals surface area contributed by atoms with Gasteiger partial charge in [0.1, 0.15) is 0 Å². The Morgan fingerprint density at radius 2 is 2.33 bits per heavy atom. The zero-order valence-electron chi connectivity index (χ0n) is 6.38. The normalized spacial score (nSPS) is 10.9. The molecule has 0 unspecified atom stereocenters. The molecule has 0 aliphatic heterocycles. The van der Waals surface area contributed by atoms with Gasteiger partial charge in [-0.3, -0.25) is 0 Å². The van der Waals surface area contributed by atoms with Crippen LogP contribution in [0.1, 0.15) is 5.69 Å². The SMILES string of the molecule is Cc1cn2ccc(Br)c(Cl)c2n1. The van der Waals surface area contributed by atoms with Crippen molar-refractivity contribution in [3.05, 3.63) is 33.6 Å². The van der Waals surface area contributed by atoms with E-state index in [2.05, 4.69) is 20.9 Å². The predicted molar refractivity (Wildman–Crippen MR) is 52.6 cm³/mol. The molecule has 12 heavy (non-hydrogen) atoms. The van der Waals surface area contributed by atoms with Crippen LogP contribution in [0.5, 0.6) is 0 Å². The average molecular weight is 246 g/mol. The maximum atomic E-state index is 6.01. The molecule has 0 fully saturated rings. The van der Waals surface area contributed by atoms with Crippen LogP contribution in [-0.4, -0.2) is 9.38 Å². The second-order valence-corrected chi connectivity index (χ2v) is 3.82. The van der Waals surface area contributed by atoms with Crippen molar-refractivity contribution in [3.8, 4) is 0 Å². The lowest BCUT2D eigenvalue weighted by Crippen LogP contribution is -1.83. The first-order valence-electron chi connectivity index (χ1n) is 3.48. The fourth-order valence-electron chi connectivity index (χ4n) is 1.12. The first kappa shape index (κ1) is 8.08. The van der Waals surface area contributed by atoms with E-state index < -0.39 is 0 Å². The predicted octanol–water partition coefficient (Wildman–Crippen LogP) is 3.06. The molecule has 62 valence electrons. The second kappa shape index (κ2) is 2.75. The maximum absolute atomic E-state index is 6.01. The van der Waals surface area contributed by atoms with Gasteiger partial charge in [0.05, 0.1) is 10.7 Å². The summed E-state index contributed by atoms with van der Waals surface area (Å²) in [5.74, 6) is 0. The summed E-state index contributed by atoms with van der Waals surface area (Å²) in [7, 11) is 0. The molecule has 0 aliphatic carbocycles. The molecule has 0 bridgehead atoms. The van der Waals surface area contributed by atoms with E-state index >= 15 is 0 Å². The van der Waals surface area contributed by atoms with Gasteiger partial charge in [0.15, 0.2) is 5.65 Å². The fourth-order valence-corrected chi connectivity index (χ4v) is 1.62. The van der Waals surface area contributed by atoms with Crippen molar-refractivity contribution >= 4 is 33.2 Å². The molecule has 4 heteroatoms. The highest BCUT2D eigenvalue weighted by Crippen LogP contribution is 2.25. The number of halogens is 2. The van der Waals surface area contributed by atoms with Crippen LogP contribution in [0.15, 0.2) is 22.9 Å². The first-order valence-corrected chi connectivity index (χ1v) is 4.65. The van der Waals surface area contributed by atoms with Crippen molar-refractivity contribution < 1.29 is 0 Å². The molecule has 2 heterocycles. The molecular weight excluding hydrogens is 239 g/mol. The molecule has 2 aromatic rings. The average Bonchev–Trinajstić information content (AvgIpc) is 2.39. The molecule has 0 saturated carbocycles. The van der Waals surface area contributed by atoms with Gasteiger partial charge in [0.2, 0.25) is 0 Å². The molecule has 0 atom stereocenters. The van der Waals surface area contributed by atoms with E-state index in [1.54, 1.807) is 0 Å². The topological polar surface area (TPSA) is 17.3 Å². The Labute approximate surface area is 83.3 Å². The van der Waals surface area contributed by atoms with Crippen molar-refractivity contribution in [2.24, 2.45) is 0 Å². The zero-order chi connectivity index (χ0) is 8.72. The highest BCUT2D eigenvalue weighted by atomic mass is 79.9. The van der Waals surface area contributed by atoms with Gasteiger partial charge in [-0.1, -0.05) is 11.6 Å². The number of nitrogens with zero attached hydrogens (tertiary/aromatic N) is 2. The Hall–Kier alpha value is -0.540. The molecule has 0 amide bonds. The lowest BCUT2D eigenvalue weighted by atomic mass is 10.5. The molecule has 0 radical (unpaired) electrons. The lowest BCUT2D eigenvalue weighted by Gasteiger charge is -1.96. The molecule has 0 N–H and O–H groups in total. The Bertz CT molecular complexity index is 436.